The van der Waals surface area contributed by atoms with Gasteiger partial charge in [0, 0.05) is 34.5 Å². The Labute approximate surface area is 147 Å². The lowest BCUT2D eigenvalue weighted by atomic mass is 9.88. The molecule has 0 spiro atoms. The van der Waals surface area contributed by atoms with Crippen molar-refractivity contribution in [2.24, 2.45) is 0 Å². The molecule has 0 fully saturated rings. The van der Waals surface area contributed by atoms with Gasteiger partial charge in [-0.3, -0.25) is 14.6 Å². The number of anilines is 1. The quantitative estimate of drug-likeness (QED) is 0.633. The molecule has 1 aliphatic rings. The molecule has 6 heteroatoms. The van der Waals surface area contributed by atoms with E-state index in [4.69, 9.17) is 0 Å². The van der Waals surface area contributed by atoms with E-state index in [0.717, 1.165) is 4.47 Å². The number of rotatable bonds is 5. The zero-order valence-electron chi connectivity index (χ0n) is 12.8. The van der Waals surface area contributed by atoms with Gasteiger partial charge in [0.2, 0.25) is 0 Å². The topological polar surface area (TPSA) is 70.5 Å². The van der Waals surface area contributed by atoms with Crippen LogP contribution in [0.5, 0.6) is 0 Å². The lowest BCUT2D eigenvalue weighted by molar-refractivity contribution is -0.135. The van der Waals surface area contributed by atoms with Crippen LogP contribution >= 0.6 is 15.9 Å². The van der Waals surface area contributed by atoms with Crippen LogP contribution in [-0.4, -0.2) is 28.3 Å². The van der Waals surface area contributed by atoms with Crippen LogP contribution in [0, 0.1) is 0 Å². The number of benzene rings is 1. The van der Waals surface area contributed by atoms with E-state index in [1.807, 2.05) is 0 Å². The van der Waals surface area contributed by atoms with E-state index in [-0.39, 0.29) is 18.7 Å². The number of aliphatic hydroxyl groups is 1. The van der Waals surface area contributed by atoms with Crippen molar-refractivity contribution in [3.8, 4) is 0 Å². The molecule has 2 heterocycles. The number of hydrogen-bond donors (Lipinski definition) is 1. The maximum absolute atomic E-state index is 12.8. The van der Waals surface area contributed by atoms with E-state index in [1.165, 1.54) is 17.3 Å². The first kappa shape index (κ1) is 16.5. The predicted octanol–water partition coefficient (Wildman–Crippen LogP) is 2.84. The normalized spacial score (nSPS) is 19.2. The Balaban J connectivity index is 2.03. The third-order valence-corrected chi connectivity index (χ3v) is 4.52. The van der Waals surface area contributed by atoms with Crippen LogP contribution in [-0.2, 0) is 10.4 Å². The van der Waals surface area contributed by atoms with Crippen molar-refractivity contribution in [2.45, 2.75) is 12.0 Å². The monoisotopic (exact) mass is 386 g/mol. The van der Waals surface area contributed by atoms with E-state index in [9.17, 15) is 14.7 Å². The molecule has 0 bridgehead atoms. The summed E-state index contributed by atoms with van der Waals surface area (Å²) in [5.74, 6) is -0.836. The summed E-state index contributed by atoms with van der Waals surface area (Å²) in [5.41, 5.74) is -0.466. The number of fused-ring (bicyclic) bond motifs is 1. The van der Waals surface area contributed by atoms with E-state index >= 15 is 0 Å². The first-order valence-electron chi connectivity index (χ1n) is 7.36. The number of pyridine rings is 1. The number of carbonyl (C=O) groups excluding carboxylic acids is 2. The molecule has 1 N–H and O–H groups in total. The lowest BCUT2D eigenvalue weighted by Crippen LogP contribution is -2.41. The van der Waals surface area contributed by atoms with E-state index in [1.54, 1.807) is 36.4 Å². The van der Waals surface area contributed by atoms with Crippen molar-refractivity contribution in [3.05, 3.63) is 71.0 Å². The molecule has 0 saturated carbocycles. The van der Waals surface area contributed by atoms with Gasteiger partial charge in [0.1, 0.15) is 0 Å². The Morgan fingerprint density at radius 2 is 2.04 bits per heavy atom. The molecule has 1 atom stereocenters. The first-order valence-corrected chi connectivity index (χ1v) is 8.15. The Bertz CT molecular complexity index is 822. The maximum atomic E-state index is 12.8. The number of nitrogens with zero attached hydrogens (tertiary/aromatic N) is 2. The first-order chi connectivity index (χ1) is 11.5. The molecule has 1 aromatic carbocycles. The van der Waals surface area contributed by atoms with E-state index < -0.39 is 11.5 Å². The number of aromatic nitrogens is 1. The highest BCUT2D eigenvalue weighted by atomic mass is 79.9. The Kier molecular flexibility index (Phi) is 4.34. The Morgan fingerprint density at radius 1 is 1.33 bits per heavy atom. The zero-order valence-corrected chi connectivity index (χ0v) is 14.4. The van der Waals surface area contributed by atoms with E-state index in [0.29, 0.717) is 16.8 Å². The van der Waals surface area contributed by atoms with Gasteiger partial charge in [0.25, 0.3) is 5.91 Å². The zero-order chi connectivity index (χ0) is 17.3. The molecule has 3 rings (SSSR count). The fourth-order valence-corrected chi connectivity index (χ4v) is 3.24. The molecule has 1 unspecified atom stereocenters. The lowest BCUT2D eigenvalue weighted by Gasteiger charge is -2.22. The molecule has 2 aromatic rings. The summed E-state index contributed by atoms with van der Waals surface area (Å²) in [7, 11) is 0. The predicted molar refractivity (Wildman–Crippen MR) is 93.8 cm³/mol. The molecule has 122 valence electrons. The summed E-state index contributed by atoms with van der Waals surface area (Å²) in [5, 5.41) is 11.1. The molecule has 0 saturated heterocycles. The van der Waals surface area contributed by atoms with Gasteiger partial charge < -0.3 is 10.0 Å². The smallest absolute Gasteiger partial charge is 0.264 e. The highest BCUT2D eigenvalue weighted by Gasteiger charge is 2.50. The fraction of sp³-hybridized carbons (Fsp3) is 0.167. The third kappa shape index (κ3) is 2.68. The summed E-state index contributed by atoms with van der Waals surface area (Å²) in [6.07, 6.45) is 4.26. The van der Waals surface area contributed by atoms with Crippen LogP contribution in [0.25, 0.3) is 0 Å². The summed E-state index contributed by atoms with van der Waals surface area (Å²) in [4.78, 5) is 30.6. The molecule has 5 nitrogen and oxygen atoms in total. The Hall–Kier alpha value is -2.31. The molecule has 24 heavy (non-hydrogen) atoms. The van der Waals surface area contributed by atoms with Gasteiger partial charge in [0.15, 0.2) is 11.4 Å². The summed E-state index contributed by atoms with van der Waals surface area (Å²) >= 11 is 3.35. The molecule has 0 aliphatic carbocycles. The molecular formula is C18H15BrN2O3. The van der Waals surface area contributed by atoms with Crippen LogP contribution in [0.4, 0.5) is 5.69 Å². The van der Waals surface area contributed by atoms with Crippen molar-refractivity contribution in [1.29, 1.82) is 0 Å². The van der Waals surface area contributed by atoms with Crippen LogP contribution in [0.1, 0.15) is 22.3 Å². The summed E-state index contributed by atoms with van der Waals surface area (Å²) in [6, 6.07) is 8.34. The van der Waals surface area contributed by atoms with Gasteiger partial charge in [-0.1, -0.05) is 22.0 Å². The third-order valence-electron chi connectivity index (χ3n) is 4.02. The summed E-state index contributed by atoms with van der Waals surface area (Å²) < 4.78 is 0.726. The highest BCUT2D eigenvalue weighted by molar-refractivity contribution is 9.10. The fourth-order valence-electron chi connectivity index (χ4n) is 2.88. The van der Waals surface area contributed by atoms with Crippen molar-refractivity contribution in [3.63, 3.8) is 0 Å². The maximum Gasteiger partial charge on any atom is 0.264 e. The summed E-state index contributed by atoms with van der Waals surface area (Å²) in [6.45, 7) is 3.91. The van der Waals surface area contributed by atoms with Gasteiger partial charge in [-0.25, -0.2) is 0 Å². The second-order valence-electron chi connectivity index (χ2n) is 5.56. The second-order valence-corrected chi connectivity index (χ2v) is 6.48. The number of Topliss-reactive ketones (excluding diaryl/α,β-unsaturated/α-hetero) is 1. The minimum absolute atomic E-state index is 0.263. The van der Waals surface area contributed by atoms with Crippen LogP contribution in [0.15, 0.2) is 59.9 Å². The average molecular weight is 387 g/mol. The van der Waals surface area contributed by atoms with Gasteiger partial charge >= 0.3 is 0 Å². The average Bonchev–Trinajstić information content (AvgIpc) is 2.78. The molecule has 1 aromatic heterocycles. The van der Waals surface area contributed by atoms with E-state index in [2.05, 4.69) is 27.5 Å². The molecular weight excluding hydrogens is 372 g/mol. The minimum Gasteiger partial charge on any atom is -0.375 e. The number of amides is 1. The standard InChI is InChI=1S/C18H15BrN2O3/c1-2-9-21-15-4-3-13(19)10-14(15)18(24,17(21)23)11-16(22)12-5-7-20-8-6-12/h2-8,10,24H,1,9,11H2. The number of hydrogen-bond acceptors (Lipinski definition) is 4. The van der Waals surface area contributed by atoms with Crippen LogP contribution in [0.2, 0.25) is 0 Å². The van der Waals surface area contributed by atoms with Gasteiger partial charge in [-0.05, 0) is 30.3 Å². The second kappa shape index (κ2) is 6.30. The minimum atomic E-state index is -1.89. The number of ketones is 1. The molecule has 1 aliphatic heterocycles. The number of carbonyl (C=O) groups is 2. The van der Waals surface area contributed by atoms with Crippen molar-refractivity contribution in [1.82, 2.24) is 4.98 Å². The number of halogens is 1. The van der Waals surface area contributed by atoms with Gasteiger partial charge in [-0.15, -0.1) is 6.58 Å². The van der Waals surface area contributed by atoms with Crippen LogP contribution < -0.4 is 4.90 Å². The van der Waals surface area contributed by atoms with Gasteiger partial charge in [0.05, 0.1) is 12.1 Å². The largest absolute Gasteiger partial charge is 0.375 e. The highest BCUT2D eigenvalue weighted by Crippen LogP contribution is 2.44. The SMILES string of the molecule is C=CCN1C(=O)C(O)(CC(=O)c2ccncc2)c2cc(Br)ccc21. The Morgan fingerprint density at radius 3 is 2.71 bits per heavy atom. The van der Waals surface area contributed by atoms with Gasteiger partial charge in [-0.2, -0.15) is 0 Å². The van der Waals surface area contributed by atoms with Crippen molar-refractivity contribution >= 4 is 33.3 Å². The van der Waals surface area contributed by atoms with Crippen molar-refractivity contribution in [2.75, 3.05) is 11.4 Å². The molecule has 0 radical (unpaired) electrons. The molecule has 1 amide bonds. The van der Waals surface area contributed by atoms with Crippen molar-refractivity contribution < 1.29 is 14.7 Å². The van der Waals surface area contributed by atoms with Crippen LogP contribution in [0.3, 0.4) is 0 Å².